The van der Waals surface area contributed by atoms with Crippen molar-refractivity contribution in [3.8, 4) is 17.0 Å². The largest absolute Gasteiger partial charge is 0.494 e. The standard InChI is InChI=1S/C26H25Cl2N5O3S/c1-3-37(35)33-15-18(17-6-4-5-7-22(17)33)25-20(28)14-29-26(31-25)30-21-12-19(27)23(13-24(21)36-2)32-10-8-16(34)9-11-32/h4-7,12-15H,3,8-11H2,1-2H3,(H,29,30,31). The third kappa shape index (κ3) is 5.03. The number of hydrogen-bond acceptors (Lipinski definition) is 7. The molecule has 1 aliphatic rings. The van der Waals surface area contributed by atoms with Gasteiger partial charge in [0.15, 0.2) is 0 Å². The van der Waals surface area contributed by atoms with Crippen molar-refractivity contribution < 1.29 is 13.7 Å². The fourth-order valence-corrected chi connectivity index (χ4v) is 5.79. The van der Waals surface area contributed by atoms with Gasteiger partial charge in [-0.3, -0.25) is 8.77 Å². The molecule has 0 saturated carbocycles. The Morgan fingerprint density at radius 3 is 2.62 bits per heavy atom. The first-order valence-electron chi connectivity index (χ1n) is 11.8. The monoisotopic (exact) mass is 557 g/mol. The Hall–Kier alpha value is -3.14. The molecule has 2 aromatic carbocycles. The summed E-state index contributed by atoms with van der Waals surface area (Å²) in [5.41, 5.74) is 3.51. The Morgan fingerprint density at radius 2 is 1.89 bits per heavy atom. The summed E-state index contributed by atoms with van der Waals surface area (Å²) in [4.78, 5) is 22.8. The molecule has 0 spiro atoms. The van der Waals surface area contributed by atoms with Crippen LogP contribution in [0.2, 0.25) is 10.0 Å². The van der Waals surface area contributed by atoms with E-state index in [1.54, 1.807) is 17.1 Å². The summed E-state index contributed by atoms with van der Waals surface area (Å²) < 4.78 is 20.0. The van der Waals surface area contributed by atoms with Crippen molar-refractivity contribution in [2.24, 2.45) is 0 Å². The molecular weight excluding hydrogens is 533 g/mol. The summed E-state index contributed by atoms with van der Waals surface area (Å²) in [6.45, 7) is 3.11. The highest BCUT2D eigenvalue weighted by molar-refractivity contribution is 7.83. The molecule has 1 fully saturated rings. The molecule has 1 N–H and O–H groups in total. The number of para-hydroxylation sites is 1. The van der Waals surface area contributed by atoms with Gasteiger partial charge in [0, 0.05) is 54.9 Å². The zero-order valence-corrected chi connectivity index (χ0v) is 22.7. The number of aromatic nitrogens is 3. The van der Waals surface area contributed by atoms with Crippen molar-refractivity contribution in [3.05, 3.63) is 58.8 Å². The highest BCUT2D eigenvalue weighted by atomic mass is 35.5. The second-order valence-electron chi connectivity index (χ2n) is 8.54. The summed E-state index contributed by atoms with van der Waals surface area (Å²) in [6, 6.07) is 11.3. The Balaban J connectivity index is 1.51. The topological polar surface area (TPSA) is 89.4 Å². The van der Waals surface area contributed by atoms with Crippen LogP contribution in [0.3, 0.4) is 0 Å². The number of nitrogens with zero attached hydrogens (tertiary/aromatic N) is 4. The van der Waals surface area contributed by atoms with Gasteiger partial charge >= 0.3 is 0 Å². The Morgan fingerprint density at radius 1 is 1.14 bits per heavy atom. The van der Waals surface area contributed by atoms with Gasteiger partial charge in [-0.2, -0.15) is 0 Å². The quantitative estimate of drug-likeness (QED) is 0.304. The molecule has 3 heterocycles. The maximum atomic E-state index is 12.7. The third-order valence-corrected chi connectivity index (χ3v) is 8.13. The maximum absolute atomic E-state index is 12.7. The van der Waals surface area contributed by atoms with Crippen LogP contribution in [0.4, 0.5) is 17.3 Å². The van der Waals surface area contributed by atoms with E-state index in [0.717, 1.165) is 22.2 Å². The smallest absolute Gasteiger partial charge is 0.227 e. The fraction of sp³-hybridized carbons (Fsp3) is 0.269. The summed E-state index contributed by atoms with van der Waals surface area (Å²) in [5, 5.41) is 4.98. The molecule has 5 rings (SSSR count). The maximum Gasteiger partial charge on any atom is 0.227 e. The first-order valence-corrected chi connectivity index (χ1v) is 13.9. The predicted octanol–water partition coefficient (Wildman–Crippen LogP) is 5.86. The number of ketones is 1. The number of rotatable bonds is 7. The molecule has 37 heavy (non-hydrogen) atoms. The van der Waals surface area contributed by atoms with Crippen molar-refractivity contribution in [2.75, 3.05) is 36.2 Å². The molecular formula is C26H25Cl2N5O3S. The summed E-state index contributed by atoms with van der Waals surface area (Å²) >= 11 is 13.2. The Labute approximate surface area is 227 Å². The van der Waals surface area contributed by atoms with Crippen LogP contribution in [0, 0.1) is 0 Å². The van der Waals surface area contributed by atoms with Gasteiger partial charge in [-0.1, -0.05) is 48.3 Å². The molecule has 1 aliphatic heterocycles. The number of benzene rings is 2. The van der Waals surface area contributed by atoms with E-state index in [1.165, 1.54) is 6.20 Å². The van der Waals surface area contributed by atoms with Crippen LogP contribution in [0.15, 0.2) is 48.8 Å². The SMILES string of the molecule is CCS(=O)n1cc(-c2nc(Nc3cc(Cl)c(N4CCC(=O)CC4)cc3OC)ncc2Cl)c2ccccc21. The normalized spacial score (nSPS) is 14.7. The van der Waals surface area contributed by atoms with Gasteiger partial charge < -0.3 is 15.0 Å². The Bertz CT molecular complexity index is 1510. The van der Waals surface area contributed by atoms with Crippen molar-refractivity contribution in [2.45, 2.75) is 19.8 Å². The predicted molar refractivity (Wildman–Crippen MR) is 150 cm³/mol. The van der Waals surface area contributed by atoms with Gasteiger partial charge in [-0.15, -0.1) is 0 Å². The van der Waals surface area contributed by atoms with Crippen LogP contribution in [-0.2, 0) is 15.8 Å². The number of carbonyl (C=O) groups excluding carboxylic acids is 1. The second kappa shape index (κ2) is 10.7. The molecule has 4 aromatic rings. The van der Waals surface area contributed by atoms with Gasteiger partial charge in [0.1, 0.15) is 22.5 Å². The van der Waals surface area contributed by atoms with Crippen LogP contribution in [0.5, 0.6) is 5.75 Å². The summed E-state index contributed by atoms with van der Waals surface area (Å²) in [6.07, 6.45) is 4.35. The number of methoxy groups -OCH3 is 1. The van der Waals surface area contributed by atoms with Crippen molar-refractivity contribution in [1.82, 2.24) is 13.9 Å². The second-order valence-corrected chi connectivity index (χ2v) is 11.0. The van der Waals surface area contributed by atoms with Crippen LogP contribution in [0.1, 0.15) is 19.8 Å². The van der Waals surface area contributed by atoms with E-state index in [4.69, 9.17) is 32.9 Å². The number of piperidine rings is 1. The van der Waals surface area contributed by atoms with E-state index in [2.05, 4.69) is 15.2 Å². The van der Waals surface area contributed by atoms with Crippen LogP contribution in [0.25, 0.3) is 22.2 Å². The minimum Gasteiger partial charge on any atom is -0.494 e. The molecule has 1 saturated heterocycles. The van der Waals surface area contributed by atoms with Crippen LogP contribution >= 0.6 is 23.2 Å². The number of nitrogens with one attached hydrogen (secondary N) is 1. The van der Waals surface area contributed by atoms with Gasteiger partial charge in [-0.05, 0) is 12.1 Å². The average Bonchev–Trinajstić information content (AvgIpc) is 3.30. The van der Waals surface area contributed by atoms with Crippen molar-refractivity contribution >= 4 is 68.2 Å². The first kappa shape index (κ1) is 25.5. The lowest BCUT2D eigenvalue weighted by Gasteiger charge is -2.29. The molecule has 11 heteroatoms. The summed E-state index contributed by atoms with van der Waals surface area (Å²) in [5.74, 6) is 1.61. The number of hydrogen-bond donors (Lipinski definition) is 1. The lowest BCUT2D eigenvalue weighted by atomic mass is 10.1. The van der Waals surface area contributed by atoms with Gasteiger partial charge in [0.05, 0.1) is 45.9 Å². The van der Waals surface area contributed by atoms with E-state index < -0.39 is 11.0 Å². The molecule has 2 aromatic heterocycles. The van der Waals surface area contributed by atoms with Gasteiger partial charge in [-0.25, -0.2) is 14.2 Å². The molecule has 0 amide bonds. The van der Waals surface area contributed by atoms with Crippen molar-refractivity contribution in [3.63, 3.8) is 0 Å². The molecule has 1 unspecified atom stereocenters. The zero-order chi connectivity index (χ0) is 26.1. The number of ether oxygens (including phenoxy) is 1. The van der Waals surface area contributed by atoms with E-state index >= 15 is 0 Å². The lowest BCUT2D eigenvalue weighted by Crippen LogP contribution is -2.33. The number of fused-ring (bicyclic) bond motifs is 1. The molecule has 0 radical (unpaired) electrons. The number of anilines is 3. The fourth-order valence-electron chi connectivity index (χ4n) is 4.43. The summed E-state index contributed by atoms with van der Waals surface area (Å²) in [7, 11) is 0.364. The molecule has 0 aliphatic carbocycles. The minimum atomic E-state index is -1.21. The number of halogens is 2. The van der Waals surface area contributed by atoms with E-state index in [1.807, 2.05) is 43.5 Å². The van der Waals surface area contributed by atoms with Gasteiger partial charge in [0.25, 0.3) is 0 Å². The first-order chi connectivity index (χ1) is 17.9. The van der Waals surface area contributed by atoms with Crippen LogP contribution in [-0.4, -0.2) is 49.9 Å². The average molecular weight is 558 g/mol. The van der Waals surface area contributed by atoms with Gasteiger partial charge in [0.2, 0.25) is 5.95 Å². The van der Waals surface area contributed by atoms with E-state index in [-0.39, 0.29) is 5.78 Å². The highest BCUT2D eigenvalue weighted by Gasteiger charge is 2.22. The van der Waals surface area contributed by atoms with E-state index in [0.29, 0.717) is 64.8 Å². The molecule has 1 atom stereocenters. The molecule has 8 nitrogen and oxygen atoms in total. The van der Waals surface area contributed by atoms with Crippen molar-refractivity contribution in [1.29, 1.82) is 0 Å². The van der Waals surface area contributed by atoms with Crippen LogP contribution < -0.4 is 15.0 Å². The molecule has 0 bridgehead atoms. The number of Topliss-reactive ketones (excluding diaryl/α,β-unsaturated/α-hetero) is 1. The number of carbonyl (C=O) groups is 1. The zero-order valence-electron chi connectivity index (χ0n) is 20.3. The van der Waals surface area contributed by atoms with E-state index in [9.17, 15) is 9.00 Å². The highest BCUT2D eigenvalue weighted by Crippen LogP contribution is 2.39. The minimum absolute atomic E-state index is 0.261. The lowest BCUT2D eigenvalue weighted by molar-refractivity contribution is -0.119. The Kier molecular flexibility index (Phi) is 7.37. The third-order valence-electron chi connectivity index (χ3n) is 6.32. The molecule has 192 valence electrons.